The minimum Gasteiger partial charge on any atom is -0.148 e. The third kappa shape index (κ3) is 4.99. The number of rotatable bonds is 6. The van der Waals surface area contributed by atoms with Gasteiger partial charge >= 0.3 is 14.1 Å². The lowest BCUT2D eigenvalue weighted by atomic mass is 10.4. The van der Waals surface area contributed by atoms with Crippen molar-refractivity contribution in [3.05, 3.63) is 182 Å². The highest BCUT2D eigenvalue weighted by Crippen LogP contribution is 2.50. The van der Waals surface area contributed by atoms with Gasteiger partial charge in [-0.1, -0.05) is 109 Å². The number of nitrogens with zero attached hydrogens (tertiary/aromatic N) is 1. The van der Waals surface area contributed by atoms with E-state index in [1.165, 1.54) is 31.8 Å². The van der Waals surface area contributed by atoms with E-state index in [4.69, 9.17) is 4.17 Å². The van der Waals surface area contributed by atoms with E-state index in [1.54, 1.807) is 0 Å². The van der Waals surface area contributed by atoms with Crippen LogP contribution in [-0.2, 0) is 0 Å². The molecule has 6 rings (SSSR count). The Morgan fingerprint density at radius 3 is 0.550 bits per heavy atom. The maximum atomic E-state index is 6.38. The minimum atomic E-state index is -2.50. The van der Waals surface area contributed by atoms with Crippen molar-refractivity contribution in [2.75, 3.05) is 0 Å². The summed E-state index contributed by atoms with van der Waals surface area (Å²) in [6.07, 6.45) is 0. The topological polar surface area (TPSA) is 14.1 Å². The molecule has 6 aromatic carbocycles. The van der Waals surface area contributed by atoms with E-state index in [0.717, 1.165) is 0 Å². The quantitative estimate of drug-likeness (QED) is 0.153. The van der Waals surface area contributed by atoms with Crippen LogP contribution < -0.4 is 36.0 Å². The van der Waals surface area contributed by atoms with Crippen LogP contribution in [0.4, 0.5) is 0 Å². The van der Waals surface area contributed by atoms with Crippen LogP contribution in [0.3, 0.4) is 0 Å². The Morgan fingerprint density at radius 2 is 0.400 bits per heavy atom. The first-order chi connectivity index (χ1) is 19.3. The smallest absolute Gasteiger partial charge is 0.148 e. The molecule has 0 aliphatic heterocycles. The Morgan fingerprint density at radius 1 is 0.250 bits per heavy atom. The van der Waals surface area contributed by atoms with Crippen LogP contribution in [-0.4, -0.2) is 8.41 Å². The molecule has 194 valence electrons. The number of benzene rings is 6. The van der Waals surface area contributed by atoms with Gasteiger partial charge in [-0.05, 0) is 72.8 Å². The first kappa shape index (κ1) is 27.5. The predicted molar refractivity (Wildman–Crippen MR) is 182 cm³/mol. The minimum absolute atomic E-state index is 0. The largest absolute Gasteiger partial charge is 0.301 e. The van der Waals surface area contributed by atoms with E-state index in [1.807, 2.05) is 0 Å². The van der Waals surface area contributed by atoms with E-state index in [0.29, 0.717) is 0 Å². The van der Waals surface area contributed by atoms with Gasteiger partial charge in [-0.15, -0.1) is 4.17 Å². The first-order valence-electron chi connectivity index (χ1n) is 13.2. The molecule has 0 aliphatic carbocycles. The fourth-order valence-corrected chi connectivity index (χ4v) is 14.8. The predicted octanol–water partition coefficient (Wildman–Crippen LogP) is 5.23. The molecule has 40 heavy (non-hydrogen) atoms. The maximum absolute atomic E-state index is 6.38. The molecule has 0 N–H and O–H groups in total. The first-order valence-corrected chi connectivity index (χ1v) is 16.7. The summed E-state index contributed by atoms with van der Waals surface area (Å²) in [4.78, 5) is 0. The van der Waals surface area contributed by atoms with Crippen molar-refractivity contribution in [3.63, 3.8) is 0 Å². The third-order valence-electron chi connectivity index (χ3n) is 7.05. The third-order valence-corrected chi connectivity index (χ3v) is 15.5. The van der Waals surface area contributed by atoms with Crippen LogP contribution >= 0.6 is 14.1 Å². The summed E-state index contributed by atoms with van der Waals surface area (Å²) >= 11 is 0. The van der Waals surface area contributed by atoms with Crippen LogP contribution in [0.15, 0.2) is 182 Å². The summed E-state index contributed by atoms with van der Waals surface area (Å²) in [6.45, 7) is 0. The lowest BCUT2D eigenvalue weighted by Gasteiger charge is -2.20. The molecule has 0 amide bonds. The summed E-state index contributed by atoms with van der Waals surface area (Å²) in [7, 11) is -4.99. The zero-order valence-corrected chi connectivity index (χ0v) is 23.5. The molecule has 0 spiro atoms. The molecule has 0 aliphatic rings. The normalized spacial score (nSPS) is 11.2. The van der Waals surface area contributed by atoms with Crippen LogP contribution in [0.25, 0.3) is 0 Å². The van der Waals surface area contributed by atoms with Gasteiger partial charge in [-0.25, -0.2) is 0 Å². The van der Waals surface area contributed by atoms with Crippen LogP contribution in [0.5, 0.6) is 0 Å². The SMILES string of the molecule is B.c1ccc(P(=[N+]=P(c2ccccc2)(c2ccccc2)c2ccccc2)(c2ccccc2)c2ccccc2)cc1. The lowest BCUT2D eigenvalue weighted by molar-refractivity contribution is 1.67. The summed E-state index contributed by atoms with van der Waals surface area (Å²) in [6, 6.07) is 65.7. The van der Waals surface area contributed by atoms with Crippen molar-refractivity contribution >= 4 is 54.3 Å². The fourth-order valence-electron chi connectivity index (χ4n) is 5.27. The second-order valence-corrected chi connectivity index (χ2v) is 15.7. The van der Waals surface area contributed by atoms with E-state index >= 15 is 0 Å². The van der Waals surface area contributed by atoms with E-state index in [9.17, 15) is 0 Å². The maximum Gasteiger partial charge on any atom is 0.301 e. The highest BCUT2D eigenvalue weighted by atomic mass is 31.2. The van der Waals surface area contributed by atoms with Crippen molar-refractivity contribution in [1.82, 2.24) is 4.17 Å². The zero-order chi connectivity index (χ0) is 26.4. The molecule has 4 heteroatoms. The fraction of sp³-hybridized carbons (Fsp3) is 0. The molecule has 0 radical (unpaired) electrons. The van der Waals surface area contributed by atoms with Crippen LogP contribution in [0.1, 0.15) is 0 Å². The summed E-state index contributed by atoms with van der Waals surface area (Å²) in [5, 5.41) is 7.55. The molecule has 0 atom stereocenters. The van der Waals surface area contributed by atoms with Gasteiger partial charge in [0.15, 0.2) is 0 Å². The number of hydrogen-bond donors (Lipinski definition) is 0. The molecule has 0 unspecified atom stereocenters. The molecule has 0 aromatic heterocycles. The highest BCUT2D eigenvalue weighted by Gasteiger charge is 2.44. The van der Waals surface area contributed by atoms with Gasteiger partial charge in [-0.2, -0.15) is 0 Å². The van der Waals surface area contributed by atoms with Gasteiger partial charge in [0.25, 0.3) is 0 Å². The second kappa shape index (κ2) is 12.4. The Balaban J connectivity index is 0.00000323. The van der Waals surface area contributed by atoms with Gasteiger partial charge in [0.2, 0.25) is 0 Å². The van der Waals surface area contributed by atoms with Crippen LogP contribution in [0.2, 0.25) is 0 Å². The van der Waals surface area contributed by atoms with E-state index in [2.05, 4.69) is 182 Å². The van der Waals surface area contributed by atoms with E-state index < -0.39 is 14.1 Å². The Bertz CT molecular complexity index is 1430. The molecule has 0 saturated heterocycles. The average Bonchev–Trinajstić information content (AvgIpc) is 3.04. The number of hydrogen-bond acceptors (Lipinski definition) is 0. The zero-order valence-electron chi connectivity index (χ0n) is 21.7. The van der Waals surface area contributed by atoms with Gasteiger partial charge in [-0.3, -0.25) is 0 Å². The average molecular weight is 552 g/mol. The molecular formula is C36H33BNP2+. The Labute approximate surface area is 239 Å². The van der Waals surface area contributed by atoms with Crippen molar-refractivity contribution in [2.24, 2.45) is 0 Å². The second-order valence-electron chi connectivity index (χ2n) is 9.37. The van der Waals surface area contributed by atoms with Gasteiger partial charge in [0, 0.05) is 0 Å². The monoisotopic (exact) mass is 552 g/mol. The molecule has 0 saturated carbocycles. The Kier molecular flexibility index (Phi) is 8.55. The summed E-state index contributed by atoms with van der Waals surface area (Å²) in [5.41, 5.74) is 0. The lowest BCUT2D eigenvalue weighted by Crippen LogP contribution is -2.31. The van der Waals surface area contributed by atoms with Crippen molar-refractivity contribution in [2.45, 2.75) is 0 Å². The molecule has 6 aromatic rings. The summed E-state index contributed by atoms with van der Waals surface area (Å²) in [5.74, 6) is 0. The van der Waals surface area contributed by atoms with Crippen molar-refractivity contribution in [3.8, 4) is 0 Å². The van der Waals surface area contributed by atoms with Crippen molar-refractivity contribution in [1.29, 1.82) is 0 Å². The molecule has 0 bridgehead atoms. The molecule has 0 heterocycles. The standard InChI is InChI=1S/C36H30NP2.BH3/c1-7-19-31(20-8-1)38(32-21-9-2-10-22-32,33-23-11-3-12-24-33)37-39(34-25-13-4-14-26-34,35-27-15-5-16-28-35)36-29-17-6-18-30-36;/h1-30H;1H3/q+1;. The van der Waals surface area contributed by atoms with Gasteiger partial charge in [0.05, 0.1) is 40.2 Å². The Hall–Kier alpha value is -4.05. The van der Waals surface area contributed by atoms with Gasteiger partial charge < -0.3 is 0 Å². The summed E-state index contributed by atoms with van der Waals surface area (Å²) < 4.78 is 6.38. The van der Waals surface area contributed by atoms with Crippen LogP contribution in [0, 0.1) is 0 Å². The molecule has 0 fully saturated rings. The molecule has 1 nitrogen and oxygen atoms in total. The van der Waals surface area contributed by atoms with Gasteiger partial charge in [0.1, 0.15) is 0 Å². The molecular weight excluding hydrogens is 519 g/mol. The van der Waals surface area contributed by atoms with Crippen molar-refractivity contribution < 1.29 is 0 Å². The van der Waals surface area contributed by atoms with E-state index in [-0.39, 0.29) is 8.41 Å². The highest BCUT2D eigenvalue weighted by molar-refractivity contribution is 7.93.